The molecule has 3 aromatic heterocycles. The van der Waals surface area contributed by atoms with E-state index >= 15 is 0 Å². The van der Waals surface area contributed by atoms with Crippen molar-refractivity contribution in [2.24, 2.45) is 0 Å². The highest BCUT2D eigenvalue weighted by atomic mass is 16.5. The number of aromatic amines is 1. The lowest BCUT2D eigenvalue weighted by atomic mass is 10.1. The normalized spacial score (nSPS) is 11.0. The van der Waals surface area contributed by atoms with Gasteiger partial charge in [0.25, 0.3) is 5.56 Å². The highest BCUT2D eigenvalue weighted by Gasteiger charge is 2.15. The summed E-state index contributed by atoms with van der Waals surface area (Å²) in [4.78, 5) is 37.7. The molecule has 0 aliphatic heterocycles. The fourth-order valence-corrected chi connectivity index (χ4v) is 3.65. The van der Waals surface area contributed by atoms with Crippen LogP contribution in [0.2, 0.25) is 0 Å². The smallest absolute Gasteiger partial charge is 0.294 e. The highest BCUT2D eigenvalue weighted by molar-refractivity contribution is 5.80. The second-order valence-corrected chi connectivity index (χ2v) is 7.76. The van der Waals surface area contributed by atoms with E-state index in [9.17, 15) is 9.59 Å². The maximum absolute atomic E-state index is 13.2. The molecule has 0 radical (unpaired) electrons. The van der Waals surface area contributed by atoms with Gasteiger partial charge in [0, 0.05) is 48.7 Å². The number of pyridine rings is 1. The van der Waals surface area contributed by atoms with Crippen molar-refractivity contribution in [3.63, 3.8) is 0 Å². The molecule has 9 nitrogen and oxygen atoms in total. The van der Waals surface area contributed by atoms with Crippen molar-refractivity contribution in [3.05, 3.63) is 77.1 Å². The SMILES string of the molecule is CCOCCCNc1ncc(-c2ccccc2)n(CC(=O)NCc2cc3cnccc3[nH]2)c1=O. The lowest BCUT2D eigenvalue weighted by Gasteiger charge is -2.15. The van der Waals surface area contributed by atoms with Crippen LogP contribution in [0.1, 0.15) is 19.0 Å². The van der Waals surface area contributed by atoms with Crippen LogP contribution >= 0.6 is 0 Å². The number of H-pyrrole nitrogens is 1. The third-order valence-electron chi connectivity index (χ3n) is 5.34. The minimum atomic E-state index is -0.343. The summed E-state index contributed by atoms with van der Waals surface area (Å²) in [6, 6.07) is 13.3. The Morgan fingerprint density at radius 1 is 1.18 bits per heavy atom. The summed E-state index contributed by atoms with van der Waals surface area (Å²) in [7, 11) is 0. The average molecular weight is 461 g/mol. The number of nitrogens with zero attached hydrogens (tertiary/aromatic N) is 3. The number of nitrogens with one attached hydrogen (secondary N) is 3. The van der Waals surface area contributed by atoms with Crippen molar-refractivity contribution in [2.45, 2.75) is 26.4 Å². The maximum Gasteiger partial charge on any atom is 0.294 e. The van der Waals surface area contributed by atoms with Gasteiger partial charge in [-0.1, -0.05) is 30.3 Å². The Labute approximate surface area is 197 Å². The second kappa shape index (κ2) is 11.2. The Kier molecular flexibility index (Phi) is 7.67. The summed E-state index contributed by atoms with van der Waals surface area (Å²) in [5.41, 5.74) is 2.86. The largest absolute Gasteiger partial charge is 0.382 e. The standard InChI is InChI=1S/C25H28N6O3/c1-2-34-12-6-10-27-24-25(33)31(22(16-29-24)18-7-4-3-5-8-18)17-23(32)28-15-20-13-19-14-26-11-9-21(19)30-20/h3-5,7-9,11,13-14,16,30H,2,6,10,12,15,17H2,1H3,(H,27,29)(H,28,32). The van der Waals surface area contributed by atoms with Crippen molar-refractivity contribution >= 4 is 22.6 Å². The number of hydrogen-bond donors (Lipinski definition) is 3. The van der Waals surface area contributed by atoms with Gasteiger partial charge in [-0.15, -0.1) is 0 Å². The molecule has 1 aromatic carbocycles. The molecule has 0 fully saturated rings. The summed E-state index contributed by atoms with van der Waals surface area (Å²) in [6.07, 6.45) is 5.85. The molecule has 0 saturated heterocycles. The van der Waals surface area contributed by atoms with Crippen LogP contribution in [-0.4, -0.2) is 45.2 Å². The topological polar surface area (TPSA) is 114 Å². The Bertz CT molecular complexity index is 1270. The first-order valence-electron chi connectivity index (χ1n) is 11.3. The Hall–Kier alpha value is -3.98. The zero-order valence-electron chi connectivity index (χ0n) is 19.1. The number of carbonyl (C=O) groups is 1. The number of hydrogen-bond acceptors (Lipinski definition) is 6. The van der Waals surface area contributed by atoms with Crippen LogP contribution in [0.5, 0.6) is 0 Å². The molecule has 3 heterocycles. The molecule has 4 aromatic rings. The molecule has 0 unspecified atom stereocenters. The molecule has 0 aliphatic carbocycles. The van der Waals surface area contributed by atoms with Crippen LogP contribution in [0.15, 0.2) is 65.8 Å². The summed E-state index contributed by atoms with van der Waals surface area (Å²) in [5, 5.41) is 6.94. The van der Waals surface area contributed by atoms with Crippen molar-refractivity contribution in [1.82, 2.24) is 24.8 Å². The van der Waals surface area contributed by atoms with Crippen molar-refractivity contribution in [3.8, 4) is 11.3 Å². The summed E-state index contributed by atoms with van der Waals surface area (Å²) < 4.78 is 6.79. The monoisotopic (exact) mass is 460 g/mol. The van der Waals surface area contributed by atoms with E-state index in [-0.39, 0.29) is 23.8 Å². The zero-order chi connectivity index (χ0) is 23.8. The maximum atomic E-state index is 13.2. The molecular formula is C25H28N6O3. The van der Waals surface area contributed by atoms with Gasteiger partial charge in [0.2, 0.25) is 5.91 Å². The van der Waals surface area contributed by atoms with Crippen LogP contribution in [0.3, 0.4) is 0 Å². The molecule has 4 rings (SSSR count). The van der Waals surface area contributed by atoms with Gasteiger partial charge in [0.05, 0.1) is 18.4 Å². The quantitative estimate of drug-likeness (QED) is 0.297. The Morgan fingerprint density at radius 3 is 2.82 bits per heavy atom. The molecule has 0 saturated carbocycles. The van der Waals surface area contributed by atoms with E-state index in [0.29, 0.717) is 32.0 Å². The summed E-state index contributed by atoms with van der Waals surface area (Å²) in [5.74, 6) is -0.0587. The molecular weight excluding hydrogens is 432 g/mol. The molecule has 0 atom stereocenters. The minimum Gasteiger partial charge on any atom is -0.382 e. The number of carbonyl (C=O) groups excluding carboxylic acids is 1. The second-order valence-electron chi connectivity index (χ2n) is 7.76. The van der Waals surface area contributed by atoms with Crippen molar-refractivity contribution < 1.29 is 9.53 Å². The number of benzene rings is 1. The van der Waals surface area contributed by atoms with Gasteiger partial charge in [0.15, 0.2) is 5.82 Å². The molecule has 176 valence electrons. The van der Waals surface area contributed by atoms with Gasteiger partial charge in [0.1, 0.15) is 6.54 Å². The van der Waals surface area contributed by atoms with Gasteiger partial charge in [-0.25, -0.2) is 4.98 Å². The van der Waals surface area contributed by atoms with E-state index in [0.717, 1.165) is 28.6 Å². The number of rotatable bonds is 11. The van der Waals surface area contributed by atoms with Crippen LogP contribution in [0.4, 0.5) is 5.82 Å². The van der Waals surface area contributed by atoms with E-state index in [1.54, 1.807) is 18.6 Å². The summed E-state index contributed by atoms with van der Waals surface area (Å²) >= 11 is 0. The van der Waals surface area contributed by atoms with Gasteiger partial charge >= 0.3 is 0 Å². The third-order valence-corrected chi connectivity index (χ3v) is 5.34. The van der Waals surface area contributed by atoms with Gasteiger partial charge in [-0.2, -0.15) is 0 Å². The Morgan fingerprint density at radius 2 is 2.03 bits per heavy atom. The van der Waals surface area contributed by atoms with E-state index in [2.05, 4.69) is 25.6 Å². The first-order chi connectivity index (χ1) is 16.7. The average Bonchev–Trinajstić information content (AvgIpc) is 3.28. The summed E-state index contributed by atoms with van der Waals surface area (Å²) in [6.45, 7) is 3.94. The molecule has 0 bridgehead atoms. The van der Waals surface area contributed by atoms with Crippen LogP contribution in [-0.2, 0) is 22.6 Å². The predicted molar refractivity (Wildman–Crippen MR) is 131 cm³/mol. The molecule has 0 spiro atoms. The predicted octanol–water partition coefficient (Wildman–Crippen LogP) is 2.94. The van der Waals surface area contributed by atoms with Crippen LogP contribution < -0.4 is 16.2 Å². The molecule has 1 amide bonds. The molecule has 3 N–H and O–H groups in total. The number of amides is 1. The zero-order valence-corrected chi connectivity index (χ0v) is 19.1. The van der Waals surface area contributed by atoms with Gasteiger partial charge in [-0.3, -0.25) is 19.1 Å². The lowest BCUT2D eigenvalue weighted by Crippen LogP contribution is -2.34. The number of aromatic nitrogens is 4. The minimum absolute atomic E-state index is 0.124. The first kappa shape index (κ1) is 23.2. The number of anilines is 1. The van der Waals surface area contributed by atoms with Gasteiger partial charge < -0.3 is 20.4 Å². The number of fused-ring (bicyclic) bond motifs is 1. The van der Waals surface area contributed by atoms with E-state index in [4.69, 9.17) is 4.74 Å². The van der Waals surface area contributed by atoms with E-state index < -0.39 is 0 Å². The molecule has 9 heteroatoms. The van der Waals surface area contributed by atoms with Crippen molar-refractivity contribution in [1.29, 1.82) is 0 Å². The first-order valence-corrected chi connectivity index (χ1v) is 11.3. The lowest BCUT2D eigenvalue weighted by molar-refractivity contribution is -0.121. The third kappa shape index (κ3) is 5.68. The fourth-order valence-electron chi connectivity index (χ4n) is 3.65. The van der Waals surface area contributed by atoms with Crippen LogP contribution in [0.25, 0.3) is 22.2 Å². The number of ether oxygens (including phenoxy) is 1. The highest BCUT2D eigenvalue weighted by Crippen LogP contribution is 2.18. The Balaban J connectivity index is 1.50. The molecule has 0 aliphatic rings. The van der Waals surface area contributed by atoms with Gasteiger partial charge in [-0.05, 0) is 31.0 Å². The van der Waals surface area contributed by atoms with Crippen LogP contribution in [0, 0.1) is 0 Å². The molecule has 34 heavy (non-hydrogen) atoms. The van der Waals surface area contributed by atoms with Crippen molar-refractivity contribution in [2.75, 3.05) is 25.1 Å². The van der Waals surface area contributed by atoms with E-state index in [1.807, 2.05) is 49.4 Å². The van der Waals surface area contributed by atoms with E-state index in [1.165, 1.54) is 4.57 Å². The fraction of sp³-hybridized carbons (Fsp3) is 0.280.